The van der Waals surface area contributed by atoms with Crippen molar-refractivity contribution >= 4 is 5.65 Å². The number of piperazine rings is 1. The lowest BCUT2D eigenvalue weighted by Crippen LogP contribution is -2.42. The minimum Gasteiger partial charge on any atom is -0.373 e. The van der Waals surface area contributed by atoms with Crippen LogP contribution in [0, 0.1) is 20.8 Å². The van der Waals surface area contributed by atoms with E-state index in [1.54, 1.807) is 4.52 Å². The molecular weight excluding hydrogens is 340 g/mol. The fourth-order valence-electron chi connectivity index (χ4n) is 3.67. The first-order valence-electron chi connectivity index (χ1n) is 9.42. The minimum absolute atomic E-state index is 0.741. The van der Waals surface area contributed by atoms with Crippen LogP contribution in [-0.4, -0.2) is 60.7 Å². The van der Waals surface area contributed by atoms with E-state index >= 15 is 0 Å². The topological polar surface area (TPSA) is 76.2 Å². The normalized spacial score (nSPS) is 14.9. The Labute approximate surface area is 158 Å². The lowest BCUT2D eigenvalue weighted by atomic mass is 10.1. The molecule has 0 atom stereocenters. The SMILES string of the molecule is C=C(CCc1c(C)nn(-c2ccc3nnc(C)n3n2)c1C)N1CCNCC1. The van der Waals surface area contributed by atoms with E-state index in [4.69, 9.17) is 5.10 Å². The van der Waals surface area contributed by atoms with Gasteiger partial charge in [0.1, 0.15) is 0 Å². The predicted octanol–water partition coefficient (Wildman–Crippen LogP) is 1.59. The van der Waals surface area contributed by atoms with E-state index in [-0.39, 0.29) is 0 Å². The summed E-state index contributed by atoms with van der Waals surface area (Å²) in [6, 6.07) is 3.86. The van der Waals surface area contributed by atoms with Gasteiger partial charge in [-0.3, -0.25) is 0 Å². The van der Waals surface area contributed by atoms with Crippen molar-refractivity contribution in [2.45, 2.75) is 33.6 Å². The molecule has 0 amide bonds. The molecule has 0 radical (unpaired) electrons. The Kier molecular flexibility index (Phi) is 4.65. The van der Waals surface area contributed by atoms with E-state index in [1.807, 2.05) is 23.7 Å². The molecule has 1 aliphatic heterocycles. The van der Waals surface area contributed by atoms with E-state index in [2.05, 4.69) is 45.9 Å². The molecule has 1 aliphatic rings. The molecular formula is C19H26N8. The summed E-state index contributed by atoms with van der Waals surface area (Å²) in [5.74, 6) is 1.54. The van der Waals surface area contributed by atoms with Crippen molar-refractivity contribution in [3.8, 4) is 5.82 Å². The van der Waals surface area contributed by atoms with Crippen LogP contribution in [0.2, 0.25) is 0 Å². The Hall–Kier alpha value is -2.74. The van der Waals surface area contributed by atoms with Gasteiger partial charge in [0.2, 0.25) is 0 Å². The first-order chi connectivity index (χ1) is 13.0. The van der Waals surface area contributed by atoms with Crippen molar-refractivity contribution in [3.05, 3.63) is 47.2 Å². The van der Waals surface area contributed by atoms with Gasteiger partial charge < -0.3 is 10.2 Å². The van der Waals surface area contributed by atoms with Gasteiger partial charge >= 0.3 is 0 Å². The Morgan fingerprint density at radius 3 is 2.67 bits per heavy atom. The Balaban J connectivity index is 1.55. The zero-order valence-electron chi connectivity index (χ0n) is 16.2. The number of hydrogen-bond acceptors (Lipinski definition) is 6. The molecule has 8 heteroatoms. The van der Waals surface area contributed by atoms with Gasteiger partial charge in [-0.1, -0.05) is 6.58 Å². The summed E-state index contributed by atoms with van der Waals surface area (Å²) in [5.41, 5.74) is 5.39. The molecule has 0 saturated carbocycles. The first-order valence-corrected chi connectivity index (χ1v) is 9.42. The van der Waals surface area contributed by atoms with Crippen molar-refractivity contribution in [1.82, 2.24) is 39.8 Å². The second-order valence-electron chi connectivity index (χ2n) is 7.07. The van der Waals surface area contributed by atoms with Crippen LogP contribution >= 0.6 is 0 Å². The molecule has 4 heterocycles. The van der Waals surface area contributed by atoms with Crippen LogP contribution in [0.25, 0.3) is 11.5 Å². The Morgan fingerprint density at radius 2 is 1.89 bits per heavy atom. The minimum atomic E-state index is 0.741. The molecule has 0 spiro atoms. The van der Waals surface area contributed by atoms with E-state index in [1.165, 1.54) is 11.3 Å². The van der Waals surface area contributed by atoms with E-state index in [0.29, 0.717) is 0 Å². The molecule has 1 N–H and O–H groups in total. The third-order valence-corrected chi connectivity index (χ3v) is 5.29. The molecule has 4 rings (SSSR count). The fourth-order valence-corrected chi connectivity index (χ4v) is 3.67. The quantitative estimate of drug-likeness (QED) is 0.739. The second kappa shape index (κ2) is 7.11. The van der Waals surface area contributed by atoms with Gasteiger partial charge in [0.25, 0.3) is 0 Å². The molecule has 0 aliphatic carbocycles. The highest BCUT2D eigenvalue weighted by molar-refractivity contribution is 5.40. The van der Waals surface area contributed by atoms with Crippen LogP contribution in [0.3, 0.4) is 0 Å². The van der Waals surface area contributed by atoms with Crippen LogP contribution in [0.1, 0.15) is 29.2 Å². The highest BCUT2D eigenvalue weighted by atomic mass is 15.4. The van der Waals surface area contributed by atoms with Crippen LogP contribution in [-0.2, 0) is 6.42 Å². The predicted molar refractivity (Wildman–Crippen MR) is 104 cm³/mol. The largest absolute Gasteiger partial charge is 0.373 e. The third kappa shape index (κ3) is 3.32. The Bertz CT molecular complexity index is 977. The zero-order valence-corrected chi connectivity index (χ0v) is 16.2. The van der Waals surface area contributed by atoms with E-state index < -0.39 is 0 Å². The van der Waals surface area contributed by atoms with Gasteiger partial charge in [-0.05, 0) is 51.3 Å². The average molecular weight is 366 g/mol. The van der Waals surface area contributed by atoms with Gasteiger partial charge in [0.15, 0.2) is 17.3 Å². The molecule has 142 valence electrons. The highest BCUT2D eigenvalue weighted by Gasteiger charge is 2.17. The smallest absolute Gasteiger partial charge is 0.178 e. The number of hydrogen-bond donors (Lipinski definition) is 1. The summed E-state index contributed by atoms with van der Waals surface area (Å²) in [6.07, 6.45) is 1.89. The molecule has 1 saturated heterocycles. The summed E-state index contributed by atoms with van der Waals surface area (Å²) in [5, 5.41) is 20.9. The number of aryl methyl sites for hydroxylation is 2. The molecule has 8 nitrogen and oxygen atoms in total. The maximum atomic E-state index is 4.74. The van der Waals surface area contributed by atoms with Crippen molar-refractivity contribution in [2.75, 3.05) is 26.2 Å². The number of allylic oxidation sites excluding steroid dienone is 1. The molecule has 3 aromatic heterocycles. The summed E-state index contributed by atoms with van der Waals surface area (Å²) in [7, 11) is 0. The number of nitrogens with one attached hydrogen (secondary N) is 1. The summed E-state index contributed by atoms with van der Waals surface area (Å²) >= 11 is 0. The molecule has 0 unspecified atom stereocenters. The second-order valence-corrected chi connectivity index (χ2v) is 7.07. The third-order valence-electron chi connectivity index (χ3n) is 5.29. The maximum Gasteiger partial charge on any atom is 0.178 e. The van der Waals surface area contributed by atoms with Crippen molar-refractivity contribution < 1.29 is 0 Å². The lowest BCUT2D eigenvalue weighted by molar-refractivity contribution is 0.291. The standard InChI is InChI=1S/C19H26N8/c1-13(25-11-9-20-10-12-25)5-6-17-14(2)23-26(15(17)3)19-8-7-18-22-21-16(4)27(18)24-19/h7-8,20H,1,5-6,9-12H2,2-4H3. The first kappa shape index (κ1) is 17.7. The molecule has 3 aromatic rings. The van der Waals surface area contributed by atoms with Gasteiger partial charge in [-0.25, -0.2) is 4.68 Å². The zero-order chi connectivity index (χ0) is 19.0. The Morgan fingerprint density at radius 1 is 1.11 bits per heavy atom. The average Bonchev–Trinajstić information content (AvgIpc) is 3.20. The van der Waals surface area contributed by atoms with Crippen molar-refractivity contribution in [3.63, 3.8) is 0 Å². The number of rotatable bonds is 5. The summed E-state index contributed by atoms with van der Waals surface area (Å²) in [6.45, 7) is 14.5. The molecule has 1 fully saturated rings. The van der Waals surface area contributed by atoms with Gasteiger partial charge in [-0.2, -0.15) is 9.61 Å². The van der Waals surface area contributed by atoms with E-state index in [9.17, 15) is 0 Å². The van der Waals surface area contributed by atoms with Crippen LogP contribution in [0.15, 0.2) is 24.4 Å². The van der Waals surface area contributed by atoms with Gasteiger partial charge in [0, 0.05) is 37.6 Å². The number of aromatic nitrogens is 6. The van der Waals surface area contributed by atoms with Crippen LogP contribution in [0.4, 0.5) is 0 Å². The number of nitrogens with zero attached hydrogens (tertiary/aromatic N) is 7. The van der Waals surface area contributed by atoms with E-state index in [0.717, 1.165) is 67.7 Å². The maximum absolute atomic E-state index is 4.74. The van der Waals surface area contributed by atoms with Crippen LogP contribution in [0.5, 0.6) is 0 Å². The van der Waals surface area contributed by atoms with Crippen molar-refractivity contribution in [1.29, 1.82) is 0 Å². The fraction of sp³-hybridized carbons (Fsp3) is 0.474. The number of fused-ring (bicyclic) bond motifs is 1. The summed E-state index contributed by atoms with van der Waals surface area (Å²) in [4.78, 5) is 2.38. The lowest BCUT2D eigenvalue weighted by Gasteiger charge is -2.31. The van der Waals surface area contributed by atoms with Crippen molar-refractivity contribution in [2.24, 2.45) is 0 Å². The molecule has 0 bridgehead atoms. The monoisotopic (exact) mass is 366 g/mol. The highest BCUT2D eigenvalue weighted by Crippen LogP contribution is 2.21. The summed E-state index contributed by atoms with van der Waals surface area (Å²) < 4.78 is 3.66. The molecule has 0 aromatic carbocycles. The van der Waals surface area contributed by atoms with Gasteiger partial charge in [0.05, 0.1) is 5.69 Å². The van der Waals surface area contributed by atoms with Crippen LogP contribution < -0.4 is 5.32 Å². The van der Waals surface area contributed by atoms with Gasteiger partial charge in [-0.15, -0.1) is 15.3 Å². The molecule has 27 heavy (non-hydrogen) atoms.